The predicted molar refractivity (Wildman–Crippen MR) is 77.4 cm³/mol. The van der Waals surface area contributed by atoms with E-state index in [2.05, 4.69) is 30.9 Å². The van der Waals surface area contributed by atoms with E-state index in [-0.39, 0.29) is 5.82 Å². The highest BCUT2D eigenvalue weighted by molar-refractivity contribution is 9.10. The van der Waals surface area contributed by atoms with Crippen LogP contribution in [0.1, 0.15) is 10.4 Å². The first-order valence-corrected chi connectivity index (χ1v) is 6.77. The molecule has 0 aliphatic rings. The molecule has 0 saturated heterocycles. The summed E-state index contributed by atoms with van der Waals surface area (Å²) in [6.45, 7) is 0. The molecule has 106 valence electrons. The molecular weight excluding hydrogens is 341 g/mol. The molecule has 7 heteroatoms. The number of benzene rings is 1. The normalized spacial score (nSPS) is 10.8. The van der Waals surface area contributed by atoms with Crippen LogP contribution in [0.3, 0.4) is 0 Å². The lowest BCUT2D eigenvalue weighted by molar-refractivity contribution is 0.0600. The van der Waals surface area contributed by atoms with Gasteiger partial charge in [0.25, 0.3) is 0 Å². The monoisotopic (exact) mass is 349 g/mol. The van der Waals surface area contributed by atoms with Crippen molar-refractivity contribution in [3.8, 4) is 11.4 Å². The van der Waals surface area contributed by atoms with Gasteiger partial charge in [0.15, 0.2) is 11.5 Å². The minimum atomic E-state index is -0.461. The van der Waals surface area contributed by atoms with Crippen molar-refractivity contribution in [2.75, 3.05) is 7.11 Å². The maximum absolute atomic E-state index is 13.5. The van der Waals surface area contributed by atoms with Crippen LogP contribution in [0.25, 0.3) is 17.0 Å². The van der Waals surface area contributed by atoms with Crippen LogP contribution in [-0.4, -0.2) is 27.7 Å². The number of esters is 1. The Morgan fingerprint density at radius 3 is 2.81 bits per heavy atom. The molecule has 0 aliphatic heterocycles. The number of rotatable bonds is 2. The zero-order valence-corrected chi connectivity index (χ0v) is 12.5. The summed E-state index contributed by atoms with van der Waals surface area (Å²) < 4.78 is 20.4. The molecule has 3 rings (SSSR count). The Morgan fingerprint density at radius 2 is 2.10 bits per heavy atom. The standard InChI is InChI=1S/C14H9BrFN3O2/c1-21-14(20)8-2-3-12-17-18-13(19(12)7-8)9-4-10(15)6-11(16)5-9/h2-7H,1H3. The molecule has 0 atom stereocenters. The number of nitrogens with zero attached hydrogens (tertiary/aromatic N) is 3. The Balaban J connectivity index is 2.20. The zero-order chi connectivity index (χ0) is 15.0. The molecule has 2 aromatic heterocycles. The summed E-state index contributed by atoms with van der Waals surface area (Å²) in [4.78, 5) is 11.6. The molecular formula is C14H9BrFN3O2. The molecule has 0 unspecified atom stereocenters. The highest BCUT2D eigenvalue weighted by Gasteiger charge is 2.13. The summed E-state index contributed by atoms with van der Waals surface area (Å²) in [5.41, 5.74) is 1.47. The van der Waals surface area contributed by atoms with E-state index in [1.165, 1.54) is 19.2 Å². The Morgan fingerprint density at radius 1 is 1.29 bits per heavy atom. The van der Waals surface area contributed by atoms with Gasteiger partial charge in [-0.2, -0.15) is 0 Å². The van der Waals surface area contributed by atoms with Crippen molar-refractivity contribution >= 4 is 27.5 Å². The average molecular weight is 350 g/mol. The van der Waals surface area contributed by atoms with Crippen LogP contribution in [0.5, 0.6) is 0 Å². The van der Waals surface area contributed by atoms with E-state index in [4.69, 9.17) is 0 Å². The molecule has 2 heterocycles. The number of pyridine rings is 1. The van der Waals surface area contributed by atoms with Gasteiger partial charge in [0.1, 0.15) is 5.82 Å². The molecule has 0 fully saturated rings. The maximum Gasteiger partial charge on any atom is 0.339 e. The van der Waals surface area contributed by atoms with Crippen LogP contribution >= 0.6 is 15.9 Å². The summed E-state index contributed by atoms with van der Waals surface area (Å²) in [5.74, 6) is -0.409. The van der Waals surface area contributed by atoms with E-state index in [0.717, 1.165) is 0 Å². The van der Waals surface area contributed by atoms with Gasteiger partial charge in [-0.1, -0.05) is 15.9 Å². The summed E-state index contributed by atoms with van der Waals surface area (Å²) in [7, 11) is 1.31. The van der Waals surface area contributed by atoms with Crippen LogP contribution in [-0.2, 0) is 4.74 Å². The van der Waals surface area contributed by atoms with Gasteiger partial charge in [-0.15, -0.1) is 10.2 Å². The zero-order valence-electron chi connectivity index (χ0n) is 10.9. The van der Waals surface area contributed by atoms with Gasteiger partial charge < -0.3 is 4.74 Å². The highest BCUT2D eigenvalue weighted by Crippen LogP contribution is 2.24. The van der Waals surface area contributed by atoms with Gasteiger partial charge >= 0.3 is 5.97 Å². The Hall–Kier alpha value is -2.28. The third-order valence-corrected chi connectivity index (χ3v) is 3.40. The number of methoxy groups -OCH3 is 1. The van der Waals surface area contributed by atoms with Crippen LogP contribution in [0.2, 0.25) is 0 Å². The van der Waals surface area contributed by atoms with Crippen molar-refractivity contribution in [2.45, 2.75) is 0 Å². The van der Waals surface area contributed by atoms with E-state index in [1.807, 2.05) is 0 Å². The number of carbonyl (C=O) groups excluding carboxylic acids is 1. The molecule has 5 nitrogen and oxygen atoms in total. The van der Waals surface area contributed by atoms with Gasteiger partial charge in [0.05, 0.1) is 12.7 Å². The minimum Gasteiger partial charge on any atom is -0.465 e. The number of aromatic nitrogens is 3. The molecule has 0 aliphatic carbocycles. The fourth-order valence-electron chi connectivity index (χ4n) is 2.01. The van der Waals surface area contributed by atoms with Gasteiger partial charge in [0.2, 0.25) is 0 Å². The number of fused-ring (bicyclic) bond motifs is 1. The van der Waals surface area contributed by atoms with Crippen molar-refractivity contribution in [3.63, 3.8) is 0 Å². The Kier molecular flexibility index (Phi) is 3.42. The molecule has 0 spiro atoms. The van der Waals surface area contributed by atoms with E-state index >= 15 is 0 Å². The van der Waals surface area contributed by atoms with Gasteiger partial charge in [-0.25, -0.2) is 9.18 Å². The predicted octanol–water partition coefficient (Wildman–Crippen LogP) is 3.08. The fraction of sp³-hybridized carbons (Fsp3) is 0.0714. The molecule has 0 bridgehead atoms. The lowest BCUT2D eigenvalue weighted by atomic mass is 10.2. The number of hydrogen-bond acceptors (Lipinski definition) is 4. The third kappa shape index (κ3) is 2.52. The second-order valence-electron chi connectivity index (χ2n) is 4.32. The lowest BCUT2D eigenvalue weighted by Crippen LogP contribution is -2.03. The second kappa shape index (κ2) is 5.25. The number of ether oxygens (including phenoxy) is 1. The van der Waals surface area contributed by atoms with Crippen LogP contribution < -0.4 is 0 Å². The van der Waals surface area contributed by atoms with Crippen molar-refractivity contribution in [3.05, 3.63) is 52.4 Å². The molecule has 0 saturated carbocycles. The highest BCUT2D eigenvalue weighted by atomic mass is 79.9. The Labute approximate surface area is 127 Å². The Bertz CT molecular complexity index is 827. The van der Waals surface area contributed by atoms with E-state index in [0.29, 0.717) is 27.1 Å². The molecule has 21 heavy (non-hydrogen) atoms. The second-order valence-corrected chi connectivity index (χ2v) is 5.23. The molecule has 0 N–H and O–H groups in total. The largest absolute Gasteiger partial charge is 0.465 e. The van der Waals surface area contributed by atoms with Crippen LogP contribution in [0.15, 0.2) is 41.0 Å². The first-order valence-electron chi connectivity index (χ1n) is 5.98. The van der Waals surface area contributed by atoms with Gasteiger partial charge in [0, 0.05) is 16.2 Å². The molecule has 0 radical (unpaired) electrons. The number of carbonyl (C=O) groups is 1. The maximum atomic E-state index is 13.5. The van der Waals surface area contributed by atoms with Crippen molar-refractivity contribution in [1.29, 1.82) is 0 Å². The molecule has 1 aromatic carbocycles. The van der Waals surface area contributed by atoms with E-state index in [9.17, 15) is 9.18 Å². The van der Waals surface area contributed by atoms with Gasteiger partial charge in [-0.05, 0) is 30.3 Å². The van der Waals surface area contributed by atoms with E-state index < -0.39 is 5.97 Å². The van der Waals surface area contributed by atoms with E-state index in [1.54, 1.807) is 28.8 Å². The SMILES string of the molecule is COC(=O)c1ccc2nnc(-c3cc(F)cc(Br)c3)n2c1. The quantitative estimate of drug-likeness (QED) is 0.667. The first kappa shape index (κ1) is 13.7. The van der Waals surface area contributed by atoms with Crippen molar-refractivity contribution in [1.82, 2.24) is 14.6 Å². The van der Waals surface area contributed by atoms with Crippen molar-refractivity contribution < 1.29 is 13.9 Å². The summed E-state index contributed by atoms with van der Waals surface area (Å²) in [6.07, 6.45) is 1.56. The number of halogens is 2. The third-order valence-electron chi connectivity index (χ3n) is 2.94. The van der Waals surface area contributed by atoms with Crippen molar-refractivity contribution in [2.24, 2.45) is 0 Å². The summed E-state index contributed by atoms with van der Waals surface area (Å²) in [6, 6.07) is 7.68. The van der Waals surface area contributed by atoms with Crippen LogP contribution in [0.4, 0.5) is 4.39 Å². The lowest BCUT2D eigenvalue weighted by Gasteiger charge is -2.04. The first-order chi connectivity index (χ1) is 10.1. The smallest absolute Gasteiger partial charge is 0.339 e. The molecule has 0 amide bonds. The summed E-state index contributed by atoms with van der Waals surface area (Å²) >= 11 is 3.24. The topological polar surface area (TPSA) is 56.5 Å². The summed E-state index contributed by atoms with van der Waals surface area (Å²) in [5, 5.41) is 8.05. The van der Waals surface area contributed by atoms with Gasteiger partial charge in [-0.3, -0.25) is 4.40 Å². The fourth-order valence-corrected chi connectivity index (χ4v) is 2.47. The average Bonchev–Trinajstić information content (AvgIpc) is 2.88. The molecule has 3 aromatic rings. The number of hydrogen-bond donors (Lipinski definition) is 0. The minimum absolute atomic E-state index is 0.363. The van der Waals surface area contributed by atoms with Crippen LogP contribution in [0, 0.1) is 5.82 Å².